The Balaban J connectivity index is 0.00000127. The van der Waals surface area contributed by atoms with Gasteiger partial charge in [0.05, 0.1) is 17.6 Å². The highest BCUT2D eigenvalue weighted by molar-refractivity contribution is 5.85. The lowest BCUT2D eigenvalue weighted by Crippen LogP contribution is -2.22. The van der Waals surface area contributed by atoms with Gasteiger partial charge in [-0.05, 0) is 30.2 Å². The number of hydrogen-bond donors (Lipinski definition) is 3. The monoisotopic (exact) mass is 312 g/mol. The maximum absolute atomic E-state index is 11.7. The van der Waals surface area contributed by atoms with Crippen molar-refractivity contribution < 1.29 is 4.79 Å². The van der Waals surface area contributed by atoms with Crippen LogP contribution in [0.1, 0.15) is 37.9 Å². The van der Waals surface area contributed by atoms with Crippen LogP contribution in [0.4, 0.5) is 11.4 Å². The molecule has 1 unspecified atom stereocenters. The third kappa shape index (κ3) is 5.47. The number of carbonyl (C=O) groups excluding carboxylic acids is 1. The van der Waals surface area contributed by atoms with Crippen LogP contribution in [0, 0.1) is 0 Å². The first-order chi connectivity index (χ1) is 11.1. The first-order valence-corrected chi connectivity index (χ1v) is 7.57. The largest absolute Gasteiger partial charge is 0.397 e. The number of ketones is 1. The van der Waals surface area contributed by atoms with Crippen molar-refractivity contribution in [3.63, 3.8) is 0 Å². The molecule has 0 saturated carbocycles. The Hall–Kier alpha value is -2.82. The highest BCUT2D eigenvalue weighted by atomic mass is 16.1. The summed E-state index contributed by atoms with van der Waals surface area (Å²) >= 11 is 0. The predicted molar refractivity (Wildman–Crippen MR) is 97.2 cm³/mol. The van der Waals surface area contributed by atoms with Gasteiger partial charge in [-0.25, -0.2) is 0 Å². The van der Waals surface area contributed by atoms with Crippen LogP contribution in [0.15, 0.2) is 53.6 Å². The molecule has 2 rings (SSSR count). The third-order valence-corrected chi connectivity index (χ3v) is 3.07. The number of anilines is 2. The molecule has 23 heavy (non-hydrogen) atoms. The van der Waals surface area contributed by atoms with E-state index in [1.807, 2.05) is 50.2 Å². The summed E-state index contributed by atoms with van der Waals surface area (Å²) in [5.41, 5.74) is 17.0. The van der Waals surface area contributed by atoms with Crippen LogP contribution in [0.25, 0.3) is 0 Å². The first kappa shape index (κ1) is 18.2. The maximum atomic E-state index is 11.7. The van der Waals surface area contributed by atoms with E-state index in [1.54, 1.807) is 18.3 Å². The van der Waals surface area contributed by atoms with Crippen LogP contribution in [-0.2, 0) is 4.79 Å². The molecule has 0 heterocycles. The van der Waals surface area contributed by atoms with Gasteiger partial charge in [-0.15, -0.1) is 0 Å². The molecule has 0 radical (unpaired) electrons. The van der Waals surface area contributed by atoms with E-state index in [-0.39, 0.29) is 5.78 Å². The van der Waals surface area contributed by atoms with Crippen molar-refractivity contribution in [2.75, 3.05) is 11.5 Å². The summed E-state index contributed by atoms with van der Waals surface area (Å²) in [6.45, 7) is 5.53. The quantitative estimate of drug-likeness (QED) is 0.449. The van der Waals surface area contributed by atoms with Crippen molar-refractivity contribution in [3.05, 3.63) is 59.7 Å². The Bertz CT molecular complexity index is 653. The molecule has 0 aliphatic heterocycles. The standard InChI is InChI=1S/C16H18N4O.C2H6/c1-11(21)16(13-5-3-2-4-6-13)20-19-10-12-7-8-14(17)15(18)9-12;1-2/h2-10,16,20H,17-18H2,1H3;1-2H3/b19-10+;. The second-order valence-electron chi connectivity index (χ2n) is 4.73. The highest BCUT2D eigenvalue weighted by Gasteiger charge is 2.14. The lowest BCUT2D eigenvalue weighted by Gasteiger charge is -2.13. The average molecular weight is 312 g/mol. The van der Waals surface area contributed by atoms with Crippen LogP contribution in [0.2, 0.25) is 0 Å². The zero-order chi connectivity index (χ0) is 17.2. The zero-order valence-electron chi connectivity index (χ0n) is 13.8. The van der Waals surface area contributed by atoms with Crippen LogP contribution >= 0.6 is 0 Å². The van der Waals surface area contributed by atoms with Gasteiger partial charge in [0, 0.05) is 0 Å². The van der Waals surface area contributed by atoms with Crippen molar-refractivity contribution >= 4 is 23.4 Å². The fourth-order valence-corrected chi connectivity index (χ4v) is 1.91. The Kier molecular flexibility index (Phi) is 7.33. The van der Waals surface area contributed by atoms with Gasteiger partial charge in [0.25, 0.3) is 0 Å². The zero-order valence-corrected chi connectivity index (χ0v) is 13.8. The molecular formula is C18H24N4O. The molecular weight excluding hydrogens is 288 g/mol. The number of nitrogens with two attached hydrogens (primary N) is 2. The summed E-state index contributed by atoms with van der Waals surface area (Å²) in [5, 5.41) is 4.12. The minimum atomic E-state index is -0.464. The molecule has 0 aliphatic carbocycles. The summed E-state index contributed by atoms with van der Waals surface area (Å²) < 4.78 is 0. The number of hydrazone groups is 1. The minimum Gasteiger partial charge on any atom is -0.397 e. The van der Waals surface area contributed by atoms with Gasteiger partial charge < -0.3 is 11.5 Å². The minimum absolute atomic E-state index is 0.00447. The second kappa shape index (κ2) is 9.25. The van der Waals surface area contributed by atoms with E-state index in [0.717, 1.165) is 11.1 Å². The number of rotatable bonds is 5. The van der Waals surface area contributed by atoms with Gasteiger partial charge in [-0.3, -0.25) is 10.2 Å². The molecule has 0 spiro atoms. The van der Waals surface area contributed by atoms with Crippen molar-refractivity contribution in [2.45, 2.75) is 26.8 Å². The summed E-state index contributed by atoms with van der Waals surface area (Å²) in [7, 11) is 0. The Morgan fingerprint density at radius 1 is 1.09 bits per heavy atom. The molecule has 0 amide bonds. The van der Waals surface area contributed by atoms with Crippen LogP contribution < -0.4 is 16.9 Å². The molecule has 0 aliphatic rings. The van der Waals surface area contributed by atoms with E-state index in [9.17, 15) is 4.79 Å². The van der Waals surface area contributed by atoms with Gasteiger partial charge in [0.1, 0.15) is 6.04 Å². The molecule has 2 aromatic rings. The lowest BCUT2D eigenvalue weighted by molar-refractivity contribution is -0.119. The molecule has 1 atom stereocenters. The van der Waals surface area contributed by atoms with Crippen molar-refractivity contribution in [2.24, 2.45) is 5.10 Å². The van der Waals surface area contributed by atoms with E-state index in [4.69, 9.17) is 11.5 Å². The van der Waals surface area contributed by atoms with Gasteiger partial charge in [-0.2, -0.15) is 5.10 Å². The Morgan fingerprint density at radius 2 is 1.74 bits per heavy atom. The van der Waals surface area contributed by atoms with Gasteiger partial charge in [-0.1, -0.05) is 50.2 Å². The summed E-state index contributed by atoms with van der Waals surface area (Å²) in [6, 6.07) is 14.2. The average Bonchev–Trinajstić information content (AvgIpc) is 2.57. The molecule has 0 aromatic heterocycles. The number of nitrogens with one attached hydrogen (secondary N) is 1. The van der Waals surface area contributed by atoms with Crippen molar-refractivity contribution in [3.8, 4) is 0 Å². The normalized spacial score (nSPS) is 11.4. The predicted octanol–water partition coefficient (Wildman–Crippen LogP) is 3.13. The Labute approximate surface area is 137 Å². The van der Waals surface area contributed by atoms with E-state index >= 15 is 0 Å². The molecule has 5 heteroatoms. The molecule has 2 aromatic carbocycles. The fraction of sp³-hybridized carbons (Fsp3) is 0.222. The maximum Gasteiger partial charge on any atom is 0.158 e. The number of benzene rings is 2. The van der Waals surface area contributed by atoms with Gasteiger partial charge in [0.2, 0.25) is 0 Å². The molecule has 0 fully saturated rings. The number of hydrogen-bond acceptors (Lipinski definition) is 5. The number of nitrogen functional groups attached to an aromatic ring is 2. The van der Waals surface area contributed by atoms with Crippen LogP contribution in [0.5, 0.6) is 0 Å². The van der Waals surface area contributed by atoms with E-state index in [1.165, 1.54) is 6.92 Å². The van der Waals surface area contributed by atoms with Gasteiger partial charge >= 0.3 is 0 Å². The molecule has 5 nitrogen and oxygen atoms in total. The number of Topliss-reactive ketones (excluding diaryl/α,β-unsaturated/α-hetero) is 1. The van der Waals surface area contributed by atoms with Crippen LogP contribution in [0.3, 0.4) is 0 Å². The van der Waals surface area contributed by atoms with Gasteiger partial charge in [0.15, 0.2) is 5.78 Å². The Morgan fingerprint density at radius 3 is 2.30 bits per heavy atom. The fourth-order valence-electron chi connectivity index (χ4n) is 1.91. The summed E-state index contributed by atoms with van der Waals surface area (Å²) in [4.78, 5) is 11.7. The summed E-state index contributed by atoms with van der Waals surface area (Å²) in [6.07, 6.45) is 1.61. The van der Waals surface area contributed by atoms with Crippen molar-refractivity contribution in [1.29, 1.82) is 0 Å². The van der Waals surface area contributed by atoms with E-state index in [2.05, 4.69) is 10.5 Å². The smallest absolute Gasteiger partial charge is 0.158 e. The first-order valence-electron chi connectivity index (χ1n) is 7.57. The SMILES string of the molecule is CC.CC(=O)C(N/N=C/c1ccc(N)c(N)c1)c1ccccc1. The number of nitrogens with zero attached hydrogens (tertiary/aromatic N) is 1. The molecule has 0 saturated heterocycles. The topological polar surface area (TPSA) is 93.5 Å². The lowest BCUT2D eigenvalue weighted by atomic mass is 10.0. The number of carbonyl (C=O) groups is 1. The van der Waals surface area contributed by atoms with E-state index < -0.39 is 6.04 Å². The van der Waals surface area contributed by atoms with Crippen LogP contribution in [-0.4, -0.2) is 12.0 Å². The molecule has 122 valence electrons. The van der Waals surface area contributed by atoms with Crippen molar-refractivity contribution in [1.82, 2.24) is 5.43 Å². The second-order valence-corrected chi connectivity index (χ2v) is 4.73. The molecule has 5 N–H and O–H groups in total. The molecule has 0 bridgehead atoms. The summed E-state index contributed by atoms with van der Waals surface area (Å²) in [5.74, 6) is -0.00447. The third-order valence-electron chi connectivity index (χ3n) is 3.07. The highest BCUT2D eigenvalue weighted by Crippen LogP contribution is 2.15. The van der Waals surface area contributed by atoms with E-state index in [0.29, 0.717) is 11.4 Å².